The molecule has 1 aromatic rings. The lowest BCUT2D eigenvalue weighted by Gasteiger charge is -2.31. The van der Waals surface area contributed by atoms with E-state index >= 15 is 0 Å². The predicted molar refractivity (Wildman–Crippen MR) is 99.7 cm³/mol. The number of nitrogens with zero attached hydrogens (tertiary/aromatic N) is 2. The van der Waals surface area contributed by atoms with E-state index in [1.807, 2.05) is 12.1 Å². The summed E-state index contributed by atoms with van der Waals surface area (Å²) < 4.78 is 37.4. The third-order valence-corrected chi connectivity index (χ3v) is 5.52. The Balaban J connectivity index is 1.44. The number of carbonyl (C=O) groups is 2. The van der Waals surface area contributed by atoms with Crippen LogP contribution in [0.25, 0.3) is 0 Å². The van der Waals surface area contributed by atoms with E-state index in [4.69, 9.17) is 0 Å². The summed E-state index contributed by atoms with van der Waals surface area (Å²) in [5.74, 6) is -2.34. The van der Waals surface area contributed by atoms with Crippen LogP contribution in [0.1, 0.15) is 37.7 Å². The number of carbonyl (C=O) groups excluding carboxylic acids is 2. The monoisotopic (exact) mass is 397 g/mol. The first kappa shape index (κ1) is 20.5. The predicted octanol–water partition coefficient (Wildman–Crippen LogP) is 3.09. The molecule has 0 aliphatic carbocycles. The van der Waals surface area contributed by atoms with Crippen LogP contribution in [0.3, 0.4) is 0 Å². The SMILES string of the molecule is O=C(NCc1ccc(N2CCCCC2)cc1)C1CCN(C(=O)C(F)(F)F)CC1. The number of halogens is 3. The van der Waals surface area contributed by atoms with Crippen molar-refractivity contribution in [2.45, 2.75) is 44.8 Å². The standard InChI is InChI=1S/C20H26F3N3O2/c21-20(22,23)19(28)26-12-8-16(9-13-26)18(27)24-14-15-4-6-17(7-5-15)25-10-2-1-3-11-25/h4-7,16H,1-3,8-14H2,(H,24,27). The Labute approximate surface area is 162 Å². The van der Waals surface area contributed by atoms with Crippen molar-refractivity contribution < 1.29 is 22.8 Å². The molecular weight excluding hydrogens is 371 g/mol. The number of likely N-dealkylation sites (tertiary alicyclic amines) is 1. The molecule has 2 aliphatic rings. The average molecular weight is 397 g/mol. The maximum absolute atomic E-state index is 12.5. The van der Waals surface area contributed by atoms with Crippen molar-refractivity contribution >= 4 is 17.5 Å². The molecule has 0 saturated carbocycles. The smallest absolute Gasteiger partial charge is 0.372 e. The van der Waals surface area contributed by atoms with Crippen LogP contribution in [-0.2, 0) is 16.1 Å². The van der Waals surface area contributed by atoms with Gasteiger partial charge in [-0.1, -0.05) is 12.1 Å². The zero-order valence-corrected chi connectivity index (χ0v) is 15.8. The molecule has 0 bridgehead atoms. The van der Waals surface area contributed by atoms with Gasteiger partial charge in [0.2, 0.25) is 5.91 Å². The second-order valence-electron chi connectivity index (χ2n) is 7.50. The molecule has 154 valence electrons. The molecule has 0 atom stereocenters. The molecule has 2 aliphatic heterocycles. The zero-order chi connectivity index (χ0) is 20.1. The molecule has 1 N–H and O–H groups in total. The minimum absolute atomic E-state index is 0.0407. The molecule has 0 aromatic heterocycles. The molecule has 28 heavy (non-hydrogen) atoms. The van der Waals surface area contributed by atoms with Gasteiger partial charge in [0.05, 0.1) is 0 Å². The Bertz CT molecular complexity index is 677. The fraction of sp³-hybridized carbons (Fsp3) is 0.600. The Morgan fingerprint density at radius 2 is 1.57 bits per heavy atom. The third-order valence-electron chi connectivity index (χ3n) is 5.52. The number of nitrogens with one attached hydrogen (secondary N) is 1. The zero-order valence-electron chi connectivity index (χ0n) is 15.8. The highest BCUT2D eigenvalue weighted by Crippen LogP contribution is 2.24. The molecule has 2 fully saturated rings. The average Bonchev–Trinajstić information content (AvgIpc) is 2.72. The Kier molecular flexibility index (Phi) is 6.46. The lowest BCUT2D eigenvalue weighted by molar-refractivity contribution is -0.186. The van der Waals surface area contributed by atoms with Crippen LogP contribution in [0.4, 0.5) is 18.9 Å². The lowest BCUT2D eigenvalue weighted by atomic mass is 9.95. The fourth-order valence-corrected chi connectivity index (χ4v) is 3.83. The number of piperidine rings is 2. The van der Waals surface area contributed by atoms with E-state index in [2.05, 4.69) is 22.3 Å². The summed E-state index contributed by atoms with van der Waals surface area (Å²) in [4.78, 5) is 26.7. The van der Waals surface area contributed by atoms with E-state index in [9.17, 15) is 22.8 Å². The molecular formula is C20H26F3N3O2. The van der Waals surface area contributed by atoms with Gasteiger partial charge in [0.15, 0.2) is 0 Å². The van der Waals surface area contributed by atoms with Crippen molar-refractivity contribution in [2.75, 3.05) is 31.1 Å². The number of anilines is 1. The van der Waals surface area contributed by atoms with Crippen LogP contribution in [-0.4, -0.2) is 49.1 Å². The van der Waals surface area contributed by atoms with E-state index in [0.717, 1.165) is 23.6 Å². The second kappa shape index (κ2) is 8.84. The topological polar surface area (TPSA) is 52.7 Å². The van der Waals surface area contributed by atoms with Crippen LogP contribution < -0.4 is 10.2 Å². The van der Waals surface area contributed by atoms with Crippen LogP contribution in [0.5, 0.6) is 0 Å². The third kappa shape index (κ3) is 5.17. The first-order chi connectivity index (χ1) is 13.3. The Morgan fingerprint density at radius 1 is 0.964 bits per heavy atom. The summed E-state index contributed by atoms with van der Waals surface area (Å²) in [6.45, 7) is 2.46. The van der Waals surface area contributed by atoms with Crippen molar-refractivity contribution in [1.82, 2.24) is 10.2 Å². The largest absolute Gasteiger partial charge is 0.471 e. The maximum atomic E-state index is 12.5. The first-order valence-corrected chi connectivity index (χ1v) is 9.82. The van der Waals surface area contributed by atoms with E-state index in [-0.39, 0.29) is 37.8 Å². The van der Waals surface area contributed by atoms with Crippen LogP contribution >= 0.6 is 0 Å². The van der Waals surface area contributed by atoms with Gasteiger partial charge in [-0.05, 0) is 49.8 Å². The lowest BCUT2D eigenvalue weighted by Crippen LogP contribution is -2.47. The fourth-order valence-electron chi connectivity index (χ4n) is 3.83. The number of hydrogen-bond donors (Lipinski definition) is 1. The van der Waals surface area contributed by atoms with Crippen molar-refractivity contribution in [3.8, 4) is 0 Å². The van der Waals surface area contributed by atoms with Gasteiger partial charge in [-0.25, -0.2) is 0 Å². The second-order valence-corrected chi connectivity index (χ2v) is 7.50. The minimum Gasteiger partial charge on any atom is -0.372 e. The number of benzene rings is 1. The highest BCUT2D eigenvalue weighted by molar-refractivity contribution is 5.83. The van der Waals surface area contributed by atoms with Gasteiger partial charge in [0.25, 0.3) is 0 Å². The van der Waals surface area contributed by atoms with E-state index in [0.29, 0.717) is 6.54 Å². The number of amides is 2. The normalized spacial score (nSPS) is 18.8. The quantitative estimate of drug-likeness (QED) is 0.850. The summed E-state index contributed by atoms with van der Waals surface area (Å²) in [6.07, 6.45) is -0.640. The van der Waals surface area contributed by atoms with Crippen molar-refractivity contribution in [3.05, 3.63) is 29.8 Å². The number of hydrogen-bond acceptors (Lipinski definition) is 3. The summed E-state index contributed by atoms with van der Waals surface area (Å²) in [5, 5.41) is 2.86. The summed E-state index contributed by atoms with van der Waals surface area (Å²) >= 11 is 0. The molecule has 5 nitrogen and oxygen atoms in total. The van der Waals surface area contributed by atoms with Crippen molar-refractivity contribution in [1.29, 1.82) is 0 Å². The number of alkyl halides is 3. The van der Waals surface area contributed by atoms with Gasteiger partial charge in [-0.3, -0.25) is 9.59 Å². The van der Waals surface area contributed by atoms with E-state index < -0.39 is 12.1 Å². The van der Waals surface area contributed by atoms with Gasteiger partial charge in [0.1, 0.15) is 0 Å². The molecule has 2 heterocycles. The highest BCUT2D eigenvalue weighted by atomic mass is 19.4. The first-order valence-electron chi connectivity index (χ1n) is 9.82. The molecule has 0 spiro atoms. The van der Waals surface area contributed by atoms with E-state index in [1.165, 1.54) is 24.9 Å². The maximum Gasteiger partial charge on any atom is 0.471 e. The highest BCUT2D eigenvalue weighted by Gasteiger charge is 2.43. The molecule has 1 aromatic carbocycles. The minimum atomic E-state index is -4.85. The van der Waals surface area contributed by atoms with Gasteiger partial charge in [-0.15, -0.1) is 0 Å². The Hall–Kier alpha value is -2.25. The molecule has 8 heteroatoms. The summed E-state index contributed by atoms with van der Waals surface area (Å²) in [6, 6.07) is 8.12. The van der Waals surface area contributed by atoms with Gasteiger partial charge in [0, 0.05) is 44.3 Å². The van der Waals surface area contributed by atoms with Crippen molar-refractivity contribution in [3.63, 3.8) is 0 Å². The van der Waals surface area contributed by atoms with Crippen LogP contribution in [0.15, 0.2) is 24.3 Å². The Morgan fingerprint density at radius 3 is 2.14 bits per heavy atom. The van der Waals surface area contributed by atoms with Crippen molar-refractivity contribution in [2.24, 2.45) is 5.92 Å². The van der Waals surface area contributed by atoms with E-state index in [1.54, 1.807) is 0 Å². The van der Waals surface area contributed by atoms with Gasteiger partial charge >= 0.3 is 12.1 Å². The van der Waals surface area contributed by atoms with Crippen LogP contribution in [0, 0.1) is 5.92 Å². The molecule has 2 amide bonds. The van der Waals surface area contributed by atoms with Crippen LogP contribution in [0.2, 0.25) is 0 Å². The summed E-state index contributed by atoms with van der Waals surface area (Å²) in [7, 11) is 0. The molecule has 0 radical (unpaired) electrons. The molecule has 2 saturated heterocycles. The molecule has 3 rings (SSSR count). The molecule has 0 unspecified atom stereocenters. The van der Waals surface area contributed by atoms with Gasteiger partial charge in [-0.2, -0.15) is 13.2 Å². The number of rotatable bonds is 4. The van der Waals surface area contributed by atoms with Gasteiger partial charge < -0.3 is 15.1 Å². The summed E-state index contributed by atoms with van der Waals surface area (Å²) in [5.41, 5.74) is 2.18.